The number of rotatable bonds is 2. The molecule has 12 heavy (non-hydrogen) atoms. The molecule has 1 aliphatic heterocycles. The lowest BCUT2D eigenvalue weighted by molar-refractivity contribution is -0.116. The second-order valence-corrected chi connectivity index (χ2v) is 4.02. The SMILES string of the molecule is C=C1C(=O)N[C@@H](CC(C)C)[C@@H]1C. The van der Waals surface area contributed by atoms with Gasteiger partial charge in [0.15, 0.2) is 0 Å². The van der Waals surface area contributed by atoms with E-state index in [1.165, 1.54) is 0 Å². The van der Waals surface area contributed by atoms with E-state index in [2.05, 4.69) is 32.7 Å². The van der Waals surface area contributed by atoms with Crippen LogP contribution in [-0.4, -0.2) is 11.9 Å². The minimum Gasteiger partial charge on any atom is -0.349 e. The first-order chi connectivity index (χ1) is 5.52. The summed E-state index contributed by atoms with van der Waals surface area (Å²) in [5, 5.41) is 2.95. The van der Waals surface area contributed by atoms with Gasteiger partial charge in [0, 0.05) is 17.5 Å². The molecule has 0 aliphatic carbocycles. The van der Waals surface area contributed by atoms with Crippen LogP contribution in [0.25, 0.3) is 0 Å². The van der Waals surface area contributed by atoms with E-state index < -0.39 is 0 Å². The van der Waals surface area contributed by atoms with Gasteiger partial charge in [-0.15, -0.1) is 0 Å². The molecule has 0 aromatic carbocycles. The Kier molecular flexibility index (Phi) is 2.55. The van der Waals surface area contributed by atoms with Crippen molar-refractivity contribution in [2.45, 2.75) is 33.2 Å². The first-order valence-corrected chi connectivity index (χ1v) is 4.52. The summed E-state index contributed by atoms with van der Waals surface area (Å²) in [6, 6.07) is 0.310. The summed E-state index contributed by atoms with van der Waals surface area (Å²) in [7, 11) is 0. The normalized spacial score (nSPS) is 29.7. The Labute approximate surface area is 74.0 Å². The van der Waals surface area contributed by atoms with Crippen LogP contribution in [0.2, 0.25) is 0 Å². The number of nitrogens with one attached hydrogen (secondary N) is 1. The van der Waals surface area contributed by atoms with E-state index >= 15 is 0 Å². The van der Waals surface area contributed by atoms with Gasteiger partial charge in [0.1, 0.15) is 0 Å². The number of carbonyl (C=O) groups is 1. The minimum atomic E-state index is 0.0353. The predicted molar refractivity (Wildman–Crippen MR) is 49.7 cm³/mol. The van der Waals surface area contributed by atoms with Crippen molar-refractivity contribution in [3.05, 3.63) is 12.2 Å². The van der Waals surface area contributed by atoms with Gasteiger partial charge in [0.25, 0.3) is 0 Å². The van der Waals surface area contributed by atoms with E-state index in [9.17, 15) is 4.79 Å². The zero-order chi connectivity index (χ0) is 9.30. The molecule has 1 saturated heterocycles. The fraction of sp³-hybridized carbons (Fsp3) is 0.700. The summed E-state index contributed by atoms with van der Waals surface area (Å²) in [4.78, 5) is 11.2. The molecule has 0 unspecified atom stereocenters. The molecule has 1 amide bonds. The summed E-state index contributed by atoms with van der Waals surface area (Å²) >= 11 is 0. The van der Waals surface area contributed by atoms with Gasteiger partial charge in [0.05, 0.1) is 0 Å². The largest absolute Gasteiger partial charge is 0.349 e. The van der Waals surface area contributed by atoms with Gasteiger partial charge in [-0.3, -0.25) is 4.79 Å². The predicted octanol–water partition coefficient (Wildman–Crippen LogP) is 1.72. The summed E-state index contributed by atoms with van der Waals surface area (Å²) < 4.78 is 0. The maximum absolute atomic E-state index is 11.2. The van der Waals surface area contributed by atoms with Gasteiger partial charge in [-0.25, -0.2) is 0 Å². The zero-order valence-electron chi connectivity index (χ0n) is 8.05. The summed E-state index contributed by atoms with van der Waals surface area (Å²) in [6.07, 6.45) is 1.05. The van der Waals surface area contributed by atoms with Crippen molar-refractivity contribution >= 4 is 5.91 Å². The van der Waals surface area contributed by atoms with Crippen molar-refractivity contribution in [3.63, 3.8) is 0 Å². The monoisotopic (exact) mass is 167 g/mol. The molecule has 1 aliphatic rings. The number of amides is 1. The summed E-state index contributed by atoms with van der Waals surface area (Å²) in [5.41, 5.74) is 0.737. The highest BCUT2D eigenvalue weighted by molar-refractivity contribution is 5.96. The lowest BCUT2D eigenvalue weighted by Gasteiger charge is -2.16. The Balaban J connectivity index is 2.59. The second kappa shape index (κ2) is 3.30. The van der Waals surface area contributed by atoms with E-state index in [0.717, 1.165) is 12.0 Å². The third kappa shape index (κ3) is 1.68. The Morgan fingerprint density at radius 2 is 2.17 bits per heavy atom. The van der Waals surface area contributed by atoms with Gasteiger partial charge in [-0.05, 0) is 12.3 Å². The van der Waals surface area contributed by atoms with Crippen LogP contribution >= 0.6 is 0 Å². The highest BCUT2D eigenvalue weighted by Gasteiger charge is 2.32. The molecule has 68 valence electrons. The highest BCUT2D eigenvalue weighted by Crippen LogP contribution is 2.24. The van der Waals surface area contributed by atoms with Crippen molar-refractivity contribution in [3.8, 4) is 0 Å². The van der Waals surface area contributed by atoms with Crippen LogP contribution in [-0.2, 0) is 4.79 Å². The molecular weight excluding hydrogens is 150 g/mol. The maximum atomic E-state index is 11.2. The molecule has 2 atom stereocenters. The van der Waals surface area contributed by atoms with Crippen molar-refractivity contribution in [2.75, 3.05) is 0 Å². The van der Waals surface area contributed by atoms with Gasteiger partial charge in [-0.1, -0.05) is 27.4 Å². The molecular formula is C10H17NO. The molecule has 1 N–H and O–H groups in total. The standard InChI is InChI=1S/C10H17NO/c1-6(2)5-9-7(3)8(4)10(12)11-9/h6-7,9H,4-5H2,1-3H3,(H,11,12)/t7-,9+/m1/s1. The molecule has 2 nitrogen and oxygen atoms in total. The van der Waals surface area contributed by atoms with E-state index in [1.807, 2.05) is 0 Å². The second-order valence-electron chi connectivity index (χ2n) is 4.02. The first kappa shape index (κ1) is 9.30. The molecule has 0 saturated carbocycles. The highest BCUT2D eigenvalue weighted by atomic mass is 16.2. The summed E-state index contributed by atoms with van der Waals surface area (Å²) in [5.74, 6) is 0.969. The average Bonchev–Trinajstić information content (AvgIpc) is 2.17. The van der Waals surface area contributed by atoms with Gasteiger partial charge in [0.2, 0.25) is 5.91 Å². The molecule has 0 aromatic heterocycles. The van der Waals surface area contributed by atoms with Gasteiger partial charge in [-0.2, -0.15) is 0 Å². The Bertz CT molecular complexity index is 208. The zero-order valence-corrected chi connectivity index (χ0v) is 8.05. The lowest BCUT2D eigenvalue weighted by atomic mass is 9.92. The number of hydrogen-bond acceptors (Lipinski definition) is 1. The first-order valence-electron chi connectivity index (χ1n) is 4.52. The van der Waals surface area contributed by atoms with E-state index in [-0.39, 0.29) is 5.91 Å². The smallest absolute Gasteiger partial charge is 0.247 e. The van der Waals surface area contributed by atoms with Crippen LogP contribution < -0.4 is 5.32 Å². The van der Waals surface area contributed by atoms with Crippen molar-refractivity contribution in [2.24, 2.45) is 11.8 Å². The third-order valence-corrected chi connectivity index (χ3v) is 2.49. The lowest BCUT2D eigenvalue weighted by Crippen LogP contribution is -2.29. The third-order valence-electron chi connectivity index (χ3n) is 2.49. The van der Waals surface area contributed by atoms with Crippen molar-refractivity contribution in [1.82, 2.24) is 5.32 Å². The van der Waals surface area contributed by atoms with Crippen LogP contribution in [0.15, 0.2) is 12.2 Å². The van der Waals surface area contributed by atoms with E-state index in [1.54, 1.807) is 0 Å². The fourth-order valence-electron chi connectivity index (χ4n) is 1.61. The molecule has 0 radical (unpaired) electrons. The van der Waals surface area contributed by atoms with E-state index in [4.69, 9.17) is 0 Å². The Morgan fingerprint density at radius 1 is 1.58 bits per heavy atom. The van der Waals surface area contributed by atoms with Crippen LogP contribution in [0.3, 0.4) is 0 Å². The molecule has 1 fully saturated rings. The Morgan fingerprint density at radius 3 is 2.50 bits per heavy atom. The topological polar surface area (TPSA) is 29.1 Å². The maximum Gasteiger partial charge on any atom is 0.247 e. The fourth-order valence-corrected chi connectivity index (χ4v) is 1.61. The van der Waals surface area contributed by atoms with Crippen molar-refractivity contribution in [1.29, 1.82) is 0 Å². The number of carbonyl (C=O) groups excluding carboxylic acids is 1. The van der Waals surface area contributed by atoms with E-state index in [0.29, 0.717) is 17.9 Å². The average molecular weight is 167 g/mol. The molecule has 0 aromatic rings. The van der Waals surface area contributed by atoms with Crippen LogP contribution in [0.5, 0.6) is 0 Å². The quantitative estimate of drug-likeness (QED) is 0.623. The molecule has 1 rings (SSSR count). The van der Waals surface area contributed by atoms with Gasteiger partial charge < -0.3 is 5.32 Å². The van der Waals surface area contributed by atoms with Gasteiger partial charge >= 0.3 is 0 Å². The minimum absolute atomic E-state index is 0.0353. The molecule has 1 heterocycles. The molecule has 0 spiro atoms. The van der Waals surface area contributed by atoms with Crippen LogP contribution in [0.1, 0.15) is 27.2 Å². The van der Waals surface area contributed by atoms with Crippen LogP contribution in [0.4, 0.5) is 0 Å². The summed E-state index contributed by atoms with van der Waals surface area (Å²) in [6.45, 7) is 10.2. The number of hydrogen-bond donors (Lipinski definition) is 1. The molecule has 0 bridgehead atoms. The Hall–Kier alpha value is -0.790. The van der Waals surface area contributed by atoms with Crippen molar-refractivity contribution < 1.29 is 4.79 Å². The molecule has 2 heteroatoms. The van der Waals surface area contributed by atoms with Crippen LogP contribution in [0, 0.1) is 11.8 Å².